The number of carbonyl (C=O) groups is 2. The third-order valence-corrected chi connectivity index (χ3v) is 7.41. The number of aliphatic hydroxyl groups is 1. The Morgan fingerprint density at radius 3 is 2.50 bits per heavy atom. The van der Waals surface area contributed by atoms with E-state index in [0.717, 1.165) is 22.6 Å². The van der Waals surface area contributed by atoms with Crippen LogP contribution in [0.1, 0.15) is 17.0 Å². The Hall–Kier alpha value is -4.65. The molecule has 2 aliphatic heterocycles. The number of amides is 3. The molecule has 1 saturated heterocycles. The fraction of sp³-hybridized carbons (Fsp3) is 0.345. The number of halogens is 2. The summed E-state index contributed by atoms with van der Waals surface area (Å²) < 4.78 is 47.6. The van der Waals surface area contributed by atoms with Crippen LogP contribution in [0.2, 0.25) is 0 Å². The Morgan fingerprint density at radius 2 is 1.81 bits per heavy atom. The molecule has 1 fully saturated rings. The number of anilines is 1. The second kappa shape index (κ2) is 12.1. The molecule has 0 radical (unpaired) electrons. The van der Waals surface area contributed by atoms with Crippen LogP contribution in [0.25, 0.3) is 0 Å². The van der Waals surface area contributed by atoms with Crippen molar-refractivity contribution in [2.24, 2.45) is 0 Å². The molecule has 3 N–H and O–H groups in total. The number of aromatic nitrogens is 1. The van der Waals surface area contributed by atoms with Gasteiger partial charge in [0.1, 0.15) is 47.2 Å². The molecule has 0 bridgehead atoms. The zero-order chi connectivity index (χ0) is 30.0. The Kier molecular flexibility index (Phi) is 8.29. The molecule has 3 amide bonds. The number of hydrogen-bond donors (Lipinski definition) is 3. The van der Waals surface area contributed by atoms with E-state index in [2.05, 4.69) is 10.6 Å². The molecule has 0 spiro atoms. The number of benzene rings is 2. The normalized spacial score (nSPS) is 19.6. The Morgan fingerprint density at radius 1 is 1.07 bits per heavy atom. The number of pyridine rings is 1. The summed E-state index contributed by atoms with van der Waals surface area (Å²) in [5.74, 6) is -2.61. The lowest BCUT2D eigenvalue weighted by Crippen LogP contribution is -2.53. The predicted octanol–water partition coefficient (Wildman–Crippen LogP) is 1.94. The zero-order valence-electron chi connectivity index (χ0n) is 22.9. The van der Waals surface area contributed by atoms with E-state index < -0.39 is 52.7 Å². The lowest BCUT2D eigenvalue weighted by atomic mass is 9.92. The number of nitrogens with zero attached hydrogens (tertiary/aromatic N) is 2. The number of carbonyl (C=O) groups excluding carboxylic acids is 2. The van der Waals surface area contributed by atoms with Crippen LogP contribution < -0.4 is 35.3 Å². The zero-order valence-corrected chi connectivity index (χ0v) is 22.9. The summed E-state index contributed by atoms with van der Waals surface area (Å²) >= 11 is 0. The number of hydrogen-bond acceptors (Lipinski definition) is 7. The van der Waals surface area contributed by atoms with Crippen molar-refractivity contribution in [2.75, 3.05) is 38.9 Å². The van der Waals surface area contributed by atoms with Gasteiger partial charge in [0, 0.05) is 49.0 Å². The molecule has 2 aliphatic rings. The fourth-order valence-electron chi connectivity index (χ4n) is 5.36. The van der Waals surface area contributed by atoms with Crippen molar-refractivity contribution < 1.29 is 37.7 Å². The van der Waals surface area contributed by atoms with Gasteiger partial charge in [-0.15, -0.1) is 0 Å². The van der Waals surface area contributed by atoms with Crippen LogP contribution >= 0.6 is 0 Å². The van der Waals surface area contributed by atoms with E-state index in [4.69, 9.17) is 14.2 Å². The minimum Gasteiger partial charge on any atom is -0.497 e. The van der Waals surface area contributed by atoms with Crippen LogP contribution in [0.3, 0.4) is 0 Å². The highest BCUT2D eigenvalue weighted by Gasteiger charge is 2.46. The molecule has 3 aromatic rings. The molecule has 1 aromatic heterocycles. The minimum atomic E-state index is -1.41. The lowest BCUT2D eigenvalue weighted by Gasteiger charge is -2.27. The maximum atomic E-state index is 15.2. The molecule has 1 unspecified atom stereocenters. The van der Waals surface area contributed by atoms with Crippen LogP contribution in [0.4, 0.5) is 19.3 Å². The first-order chi connectivity index (χ1) is 20.2. The maximum absolute atomic E-state index is 15.2. The predicted molar refractivity (Wildman–Crippen MR) is 147 cm³/mol. The van der Waals surface area contributed by atoms with E-state index in [9.17, 15) is 19.5 Å². The van der Waals surface area contributed by atoms with Gasteiger partial charge in [-0.05, 0) is 30.2 Å². The van der Waals surface area contributed by atoms with Crippen LogP contribution in [0, 0.1) is 11.6 Å². The number of ether oxygens (including phenoxy) is 3. The number of rotatable bonds is 8. The Bertz CT molecular complexity index is 1540. The van der Waals surface area contributed by atoms with Crippen molar-refractivity contribution in [1.82, 2.24) is 15.2 Å². The summed E-state index contributed by atoms with van der Waals surface area (Å²) in [6.45, 7) is -0.458. The van der Waals surface area contributed by atoms with E-state index in [0.29, 0.717) is 17.9 Å². The monoisotopic (exact) mass is 584 g/mol. The summed E-state index contributed by atoms with van der Waals surface area (Å²) in [5, 5.41) is 14.6. The van der Waals surface area contributed by atoms with Crippen molar-refractivity contribution in [3.63, 3.8) is 0 Å². The van der Waals surface area contributed by atoms with Gasteiger partial charge in [0.15, 0.2) is 0 Å². The molecule has 0 saturated carbocycles. The van der Waals surface area contributed by atoms with Crippen molar-refractivity contribution in [1.29, 1.82) is 0 Å². The fourth-order valence-corrected chi connectivity index (χ4v) is 5.36. The second-order valence-corrected chi connectivity index (χ2v) is 9.96. The minimum absolute atomic E-state index is 0.0106. The average molecular weight is 585 g/mol. The first kappa shape index (κ1) is 28.9. The summed E-state index contributed by atoms with van der Waals surface area (Å²) in [6, 6.07) is 7.65. The van der Waals surface area contributed by atoms with Gasteiger partial charge < -0.3 is 39.4 Å². The van der Waals surface area contributed by atoms with E-state index in [1.807, 2.05) is 6.07 Å². The van der Waals surface area contributed by atoms with Gasteiger partial charge in [0.25, 0.3) is 11.5 Å². The Labute approximate surface area is 239 Å². The number of fused-ring (bicyclic) bond motifs is 1. The van der Waals surface area contributed by atoms with Gasteiger partial charge >= 0.3 is 6.03 Å². The molecule has 2 aromatic carbocycles. The van der Waals surface area contributed by atoms with Gasteiger partial charge in [-0.25, -0.2) is 13.6 Å². The van der Waals surface area contributed by atoms with E-state index in [1.165, 1.54) is 30.0 Å². The second-order valence-electron chi connectivity index (χ2n) is 9.96. The SMILES string of the molecule is COc1cc(F)c([C@@H]2CN(c3cccn(CCO)c3=O)C(=O)[C@H]2NC(=O)NC2COc3cc(OC)ccc3C2)c(F)c1. The topological polar surface area (TPSA) is 131 Å². The van der Waals surface area contributed by atoms with Crippen LogP contribution in [0.15, 0.2) is 53.5 Å². The van der Waals surface area contributed by atoms with Gasteiger partial charge in [-0.3, -0.25) is 9.59 Å². The third kappa shape index (κ3) is 5.59. The van der Waals surface area contributed by atoms with Crippen molar-refractivity contribution in [3.05, 3.63) is 81.8 Å². The van der Waals surface area contributed by atoms with Crippen molar-refractivity contribution in [3.8, 4) is 17.2 Å². The highest BCUT2D eigenvalue weighted by molar-refractivity contribution is 6.02. The summed E-state index contributed by atoms with van der Waals surface area (Å²) in [5.41, 5.74) is -0.201. The molecule has 13 heteroatoms. The highest BCUT2D eigenvalue weighted by atomic mass is 19.1. The molecular weight excluding hydrogens is 554 g/mol. The smallest absolute Gasteiger partial charge is 0.315 e. The van der Waals surface area contributed by atoms with Crippen LogP contribution in [0.5, 0.6) is 17.2 Å². The van der Waals surface area contributed by atoms with Crippen molar-refractivity contribution >= 4 is 17.6 Å². The van der Waals surface area contributed by atoms with Crippen LogP contribution in [-0.2, 0) is 17.8 Å². The van der Waals surface area contributed by atoms with E-state index >= 15 is 8.78 Å². The van der Waals surface area contributed by atoms with Gasteiger partial charge in [0.2, 0.25) is 0 Å². The Balaban J connectivity index is 1.42. The number of nitrogens with one attached hydrogen (secondary N) is 2. The van der Waals surface area contributed by atoms with Crippen molar-refractivity contribution in [2.45, 2.75) is 31.0 Å². The maximum Gasteiger partial charge on any atom is 0.315 e. The van der Waals surface area contributed by atoms with Gasteiger partial charge in [-0.2, -0.15) is 0 Å². The van der Waals surface area contributed by atoms with Gasteiger partial charge in [-0.1, -0.05) is 6.07 Å². The quantitative estimate of drug-likeness (QED) is 0.369. The average Bonchev–Trinajstić information content (AvgIpc) is 3.28. The molecule has 3 heterocycles. The van der Waals surface area contributed by atoms with Crippen LogP contribution in [-0.4, -0.2) is 67.7 Å². The standard InChI is InChI=1S/C29H30F2N4O7/c1-40-18-6-5-16-10-17(15-42-24(16)13-18)32-29(39)33-26-20(25-21(30)11-19(41-2)12-22(25)31)14-35(28(26)38)23-4-3-7-34(8-9-36)27(23)37/h3-7,11-13,17,20,26,36H,8-10,14-15H2,1-2H3,(H2,32,33,39)/t17?,20-,26-/m0/s1. The largest absolute Gasteiger partial charge is 0.497 e. The summed E-state index contributed by atoms with van der Waals surface area (Å²) in [6.07, 6.45) is 1.89. The molecule has 0 aliphatic carbocycles. The van der Waals surface area contributed by atoms with E-state index in [-0.39, 0.29) is 37.7 Å². The number of methoxy groups -OCH3 is 2. The summed E-state index contributed by atoms with van der Waals surface area (Å²) in [7, 11) is 2.81. The highest BCUT2D eigenvalue weighted by Crippen LogP contribution is 2.36. The molecule has 11 nitrogen and oxygen atoms in total. The molecule has 222 valence electrons. The molecule has 42 heavy (non-hydrogen) atoms. The lowest BCUT2D eigenvalue weighted by molar-refractivity contribution is -0.118. The first-order valence-electron chi connectivity index (χ1n) is 13.2. The van der Waals surface area contributed by atoms with E-state index in [1.54, 1.807) is 19.2 Å². The summed E-state index contributed by atoms with van der Waals surface area (Å²) in [4.78, 5) is 41.0. The van der Waals surface area contributed by atoms with Gasteiger partial charge in [0.05, 0.1) is 26.9 Å². The first-order valence-corrected chi connectivity index (χ1v) is 13.2. The molecule has 3 atom stereocenters. The number of urea groups is 1. The molecule has 5 rings (SSSR count). The number of aliphatic hydroxyl groups excluding tert-OH is 1. The molecular formula is C29H30F2N4O7. The third-order valence-electron chi connectivity index (χ3n) is 7.41.